The Labute approximate surface area is 130 Å². The standard InChI is InChI=1S/C11H16Br2N2O3S/c1-3-18-6-7(2)15-19(16,17)11-9(13)4-8(12)5-10(11)14/h4-5,7,15H,3,6,14H2,1-2H3. The van der Waals surface area contributed by atoms with Crippen molar-refractivity contribution in [2.24, 2.45) is 0 Å². The molecule has 0 aromatic heterocycles. The predicted octanol–water partition coefficient (Wildman–Crippen LogP) is 2.50. The van der Waals surface area contributed by atoms with E-state index in [0.29, 0.717) is 22.2 Å². The Kier molecular flexibility index (Phi) is 6.25. The van der Waals surface area contributed by atoms with E-state index < -0.39 is 10.0 Å². The molecule has 0 bridgehead atoms. The van der Waals surface area contributed by atoms with Gasteiger partial charge in [0.2, 0.25) is 10.0 Å². The summed E-state index contributed by atoms with van der Waals surface area (Å²) < 4.78 is 33.4. The largest absolute Gasteiger partial charge is 0.398 e. The van der Waals surface area contributed by atoms with Gasteiger partial charge in [0.25, 0.3) is 0 Å². The SMILES string of the molecule is CCOCC(C)NS(=O)(=O)c1c(N)cc(Br)cc1Br. The van der Waals surface area contributed by atoms with Crippen molar-refractivity contribution in [3.63, 3.8) is 0 Å². The molecule has 8 heteroatoms. The molecular weight excluding hydrogens is 400 g/mol. The summed E-state index contributed by atoms with van der Waals surface area (Å²) in [7, 11) is -3.69. The van der Waals surface area contributed by atoms with Crippen molar-refractivity contribution in [3.8, 4) is 0 Å². The van der Waals surface area contributed by atoms with E-state index in [1.54, 1.807) is 19.1 Å². The summed E-state index contributed by atoms with van der Waals surface area (Å²) >= 11 is 6.47. The molecule has 5 nitrogen and oxygen atoms in total. The lowest BCUT2D eigenvalue weighted by atomic mass is 10.3. The maximum Gasteiger partial charge on any atom is 0.244 e. The second-order valence-corrected chi connectivity index (χ2v) is 7.41. The van der Waals surface area contributed by atoms with Crippen LogP contribution in [0.2, 0.25) is 0 Å². The smallest absolute Gasteiger partial charge is 0.244 e. The van der Waals surface area contributed by atoms with Gasteiger partial charge in [0.15, 0.2) is 0 Å². The fourth-order valence-electron chi connectivity index (χ4n) is 1.52. The van der Waals surface area contributed by atoms with Crippen LogP contribution in [-0.4, -0.2) is 27.7 Å². The van der Waals surface area contributed by atoms with E-state index in [9.17, 15) is 8.42 Å². The van der Waals surface area contributed by atoms with Gasteiger partial charge >= 0.3 is 0 Å². The summed E-state index contributed by atoms with van der Waals surface area (Å²) in [6, 6.07) is 2.85. The number of sulfonamides is 1. The molecule has 1 rings (SSSR count). The minimum absolute atomic E-state index is 0.0408. The molecule has 0 fully saturated rings. The van der Waals surface area contributed by atoms with E-state index in [4.69, 9.17) is 10.5 Å². The van der Waals surface area contributed by atoms with Gasteiger partial charge in [0.1, 0.15) is 4.90 Å². The van der Waals surface area contributed by atoms with Crippen LogP contribution in [-0.2, 0) is 14.8 Å². The summed E-state index contributed by atoms with van der Waals surface area (Å²) in [6.07, 6.45) is 0. The first kappa shape index (κ1) is 16.9. The zero-order valence-electron chi connectivity index (χ0n) is 10.6. The highest BCUT2D eigenvalue weighted by molar-refractivity contribution is 9.11. The molecule has 3 N–H and O–H groups in total. The average Bonchev–Trinajstić information content (AvgIpc) is 2.23. The highest BCUT2D eigenvalue weighted by atomic mass is 79.9. The number of anilines is 1. The molecule has 0 aliphatic heterocycles. The molecule has 0 heterocycles. The molecule has 0 aliphatic carbocycles. The molecule has 0 amide bonds. The molecule has 19 heavy (non-hydrogen) atoms. The van der Waals surface area contributed by atoms with E-state index >= 15 is 0 Å². The topological polar surface area (TPSA) is 81.4 Å². The molecular formula is C11H16Br2N2O3S. The molecule has 0 spiro atoms. The zero-order chi connectivity index (χ0) is 14.6. The second kappa shape index (κ2) is 7.03. The van der Waals surface area contributed by atoms with Crippen molar-refractivity contribution in [1.29, 1.82) is 0 Å². The highest BCUT2D eigenvalue weighted by Gasteiger charge is 2.23. The number of hydrogen-bond acceptors (Lipinski definition) is 4. The minimum Gasteiger partial charge on any atom is -0.398 e. The molecule has 1 aromatic rings. The van der Waals surface area contributed by atoms with Gasteiger partial charge in [-0.25, -0.2) is 13.1 Å². The quantitative estimate of drug-likeness (QED) is 0.699. The first-order valence-corrected chi connectivity index (χ1v) is 8.69. The molecule has 0 radical (unpaired) electrons. The van der Waals surface area contributed by atoms with Crippen LogP contribution in [0.25, 0.3) is 0 Å². The van der Waals surface area contributed by atoms with Gasteiger partial charge in [0, 0.05) is 21.6 Å². The fourth-order valence-corrected chi connectivity index (χ4v) is 4.81. The molecule has 108 valence electrons. The third-order valence-electron chi connectivity index (χ3n) is 2.23. The van der Waals surface area contributed by atoms with Crippen molar-refractivity contribution in [3.05, 3.63) is 21.1 Å². The normalized spacial score (nSPS) is 13.5. The Hall–Kier alpha value is -0.150. The van der Waals surface area contributed by atoms with Crippen LogP contribution >= 0.6 is 31.9 Å². The maximum atomic E-state index is 12.3. The number of nitrogens with one attached hydrogen (secondary N) is 1. The summed E-state index contributed by atoms with van der Waals surface area (Å²) in [6.45, 7) is 4.43. The maximum absolute atomic E-state index is 12.3. The summed E-state index contributed by atoms with van der Waals surface area (Å²) in [5, 5.41) is 0. The van der Waals surface area contributed by atoms with Gasteiger partial charge in [-0.3, -0.25) is 0 Å². The van der Waals surface area contributed by atoms with Gasteiger partial charge in [-0.1, -0.05) is 15.9 Å². The van der Waals surface area contributed by atoms with Crippen LogP contribution in [0.4, 0.5) is 5.69 Å². The van der Waals surface area contributed by atoms with Gasteiger partial charge in [0.05, 0.1) is 12.3 Å². The summed E-state index contributed by atoms with van der Waals surface area (Å²) in [5.41, 5.74) is 5.95. The summed E-state index contributed by atoms with van der Waals surface area (Å²) in [5.74, 6) is 0. The first-order chi connectivity index (χ1) is 8.77. The van der Waals surface area contributed by atoms with Gasteiger partial charge < -0.3 is 10.5 Å². The highest BCUT2D eigenvalue weighted by Crippen LogP contribution is 2.31. The molecule has 0 saturated carbocycles. The van der Waals surface area contributed by atoms with Crippen LogP contribution < -0.4 is 10.5 Å². The van der Waals surface area contributed by atoms with Crippen molar-refractivity contribution in [1.82, 2.24) is 4.72 Å². The van der Waals surface area contributed by atoms with Gasteiger partial charge in [-0.05, 0) is 41.9 Å². The van der Waals surface area contributed by atoms with E-state index in [-0.39, 0.29) is 16.6 Å². The molecule has 0 aliphatic rings. The summed E-state index contributed by atoms with van der Waals surface area (Å²) in [4.78, 5) is 0.0408. The monoisotopic (exact) mass is 414 g/mol. The van der Waals surface area contributed by atoms with E-state index in [1.165, 1.54) is 0 Å². The van der Waals surface area contributed by atoms with Crippen molar-refractivity contribution in [2.75, 3.05) is 18.9 Å². The van der Waals surface area contributed by atoms with Gasteiger partial charge in [-0.15, -0.1) is 0 Å². The minimum atomic E-state index is -3.69. The Morgan fingerprint density at radius 1 is 1.42 bits per heavy atom. The molecule has 1 atom stereocenters. The predicted molar refractivity (Wildman–Crippen MR) is 82.5 cm³/mol. The number of benzene rings is 1. The third-order valence-corrected chi connectivity index (χ3v) is 5.29. The van der Waals surface area contributed by atoms with E-state index in [2.05, 4.69) is 36.6 Å². The number of nitrogens with two attached hydrogens (primary N) is 1. The second-order valence-electron chi connectivity index (χ2n) is 3.99. The first-order valence-electron chi connectivity index (χ1n) is 5.62. The molecule has 1 unspecified atom stereocenters. The van der Waals surface area contributed by atoms with Gasteiger partial charge in [-0.2, -0.15) is 0 Å². The Balaban J connectivity index is 3.01. The number of ether oxygens (including phenoxy) is 1. The number of rotatable bonds is 6. The van der Waals surface area contributed by atoms with E-state index in [1.807, 2.05) is 6.92 Å². The lowest BCUT2D eigenvalue weighted by Gasteiger charge is -2.16. The van der Waals surface area contributed by atoms with Crippen molar-refractivity contribution >= 4 is 47.6 Å². The Bertz CT molecular complexity index is 526. The zero-order valence-corrected chi connectivity index (χ0v) is 14.6. The average molecular weight is 416 g/mol. The van der Waals surface area contributed by atoms with E-state index in [0.717, 1.165) is 0 Å². The number of hydrogen-bond donors (Lipinski definition) is 2. The Morgan fingerprint density at radius 2 is 2.05 bits per heavy atom. The fraction of sp³-hybridized carbons (Fsp3) is 0.455. The Morgan fingerprint density at radius 3 is 2.58 bits per heavy atom. The van der Waals surface area contributed by atoms with Crippen molar-refractivity contribution < 1.29 is 13.2 Å². The third kappa shape index (κ3) is 4.71. The van der Waals surface area contributed by atoms with Crippen LogP contribution in [0.1, 0.15) is 13.8 Å². The number of halogens is 2. The van der Waals surface area contributed by atoms with Crippen molar-refractivity contribution in [2.45, 2.75) is 24.8 Å². The van der Waals surface area contributed by atoms with Crippen LogP contribution in [0.3, 0.4) is 0 Å². The molecule has 0 saturated heterocycles. The van der Waals surface area contributed by atoms with Crippen LogP contribution in [0.15, 0.2) is 26.0 Å². The van der Waals surface area contributed by atoms with Crippen LogP contribution in [0, 0.1) is 0 Å². The lowest BCUT2D eigenvalue weighted by molar-refractivity contribution is 0.133. The number of nitrogen functional groups attached to an aromatic ring is 1. The molecule has 1 aromatic carbocycles. The van der Waals surface area contributed by atoms with Crippen LogP contribution in [0.5, 0.6) is 0 Å². The lowest BCUT2D eigenvalue weighted by Crippen LogP contribution is -2.36.